The SMILES string of the molecule is Cn1cnnc1SCCNC(=O)c1n[nH]c2ccccc12. The zero-order valence-corrected chi connectivity index (χ0v) is 12.2. The number of carbonyl (C=O) groups excluding carboxylic acids is 1. The van der Waals surface area contributed by atoms with Crippen molar-refractivity contribution in [1.29, 1.82) is 0 Å². The third kappa shape index (κ3) is 2.89. The number of thioether (sulfide) groups is 1. The van der Waals surface area contributed by atoms with E-state index in [0.29, 0.717) is 12.2 Å². The number of benzene rings is 1. The Morgan fingerprint density at radius 1 is 1.43 bits per heavy atom. The van der Waals surface area contributed by atoms with Gasteiger partial charge >= 0.3 is 0 Å². The predicted octanol–water partition coefficient (Wildman–Crippen LogP) is 1.21. The van der Waals surface area contributed by atoms with Gasteiger partial charge in [0.15, 0.2) is 10.9 Å². The highest BCUT2D eigenvalue weighted by atomic mass is 32.2. The molecule has 0 spiro atoms. The summed E-state index contributed by atoms with van der Waals surface area (Å²) in [7, 11) is 1.89. The van der Waals surface area contributed by atoms with Gasteiger partial charge in [0.2, 0.25) is 0 Å². The van der Waals surface area contributed by atoms with E-state index in [1.807, 2.05) is 35.9 Å². The number of aromatic nitrogens is 5. The molecule has 0 saturated carbocycles. The van der Waals surface area contributed by atoms with Gasteiger partial charge in [0.05, 0.1) is 5.52 Å². The maximum atomic E-state index is 12.1. The molecule has 1 aromatic carbocycles. The molecule has 0 aliphatic carbocycles. The Hall–Kier alpha value is -2.35. The highest BCUT2D eigenvalue weighted by Gasteiger charge is 2.13. The number of amides is 1. The smallest absolute Gasteiger partial charge is 0.272 e. The first-order valence-electron chi connectivity index (χ1n) is 6.44. The molecule has 3 aromatic rings. The molecular formula is C13H14N6OS. The van der Waals surface area contributed by atoms with Crippen LogP contribution < -0.4 is 5.32 Å². The minimum Gasteiger partial charge on any atom is -0.350 e. The number of aromatic amines is 1. The van der Waals surface area contributed by atoms with Crippen molar-refractivity contribution in [3.8, 4) is 0 Å². The summed E-state index contributed by atoms with van der Waals surface area (Å²) in [5.41, 5.74) is 1.28. The van der Waals surface area contributed by atoms with Gasteiger partial charge in [0, 0.05) is 24.7 Å². The second kappa shape index (κ2) is 5.96. The largest absolute Gasteiger partial charge is 0.350 e. The molecule has 3 rings (SSSR count). The van der Waals surface area contributed by atoms with Gasteiger partial charge in [0.25, 0.3) is 5.91 Å². The fourth-order valence-corrected chi connectivity index (χ4v) is 2.67. The van der Waals surface area contributed by atoms with Crippen molar-refractivity contribution in [2.24, 2.45) is 7.05 Å². The molecule has 2 heterocycles. The second-order valence-electron chi connectivity index (χ2n) is 4.45. The number of para-hydroxylation sites is 1. The lowest BCUT2D eigenvalue weighted by Crippen LogP contribution is -2.26. The van der Waals surface area contributed by atoms with Crippen LogP contribution in [0.1, 0.15) is 10.5 Å². The molecule has 1 amide bonds. The first-order valence-corrected chi connectivity index (χ1v) is 7.42. The second-order valence-corrected chi connectivity index (χ2v) is 5.51. The van der Waals surface area contributed by atoms with Gasteiger partial charge in [-0.1, -0.05) is 30.0 Å². The molecule has 0 fully saturated rings. The number of carbonyl (C=O) groups is 1. The van der Waals surface area contributed by atoms with Crippen LogP contribution in [0, 0.1) is 0 Å². The van der Waals surface area contributed by atoms with Crippen LogP contribution in [0.2, 0.25) is 0 Å². The Morgan fingerprint density at radius 3 is 3.10 bits per heavy atom. The molecule has 0 bridgehead atoms. The summed E-state index contributed by atoms with van der Waals surface area (Å²) in [4.78, 5) is 12.1. The molecule has 0 unspecified atom stereocenters. The quantitative estimate of drug-likeness (QED) is 0.546. The highest BCUT2D eigenvalue weighted by Crippen LogP contribution is 2.15. The molecule has 7 nitrogen and oxygen atoms in total. The summed E-state index contributed by atoms with van der Waals surface area (Å²) in [6.45, 7) is 0.539. The summed E-state index contributed by atoms with van der Waals surface area (Å²) in [6, 6.07) is 7.56. The lowest BCUT2D eigenvalue weighted by Gasteiger charge is -2.03. The van der Waals surface area contributed by atoms with Crippen molar-refractivity contribution < 1.29 is 4.79 Å². The van der Waals surface area contributed by atoms with Gasteiger partial charge in [-0.2, -0.15) is 5.10 Å². The molecule has 8 heteroatoms. The van der Waals surface area contributed by atoms with Crippen LogP contribution >= 0.6 is 11.8 Å². The standard InChI is InChI=1S/C13H14N6OS/c1-19-8-15-18-13(19)21-7-6-14-12(20)11-9-4-2-3-5-10(9)16-17-11/h2-5,8H,6-7H2,1H3,(H,14,20)(H,16,17). The number of hydrogen-bond donors (Lipinski definition) is 2. The maximum absolute atomic E-state index is 12.1. The topological polar surface area (TPSA) is 88.5 Å². The Labute approximate surface area is 125 Å². The molecule has 0 radical (unpaired) electrons. The van der Waals surface area contributed by atoms with Crippen LogP contribution in [0.3, 0.4) is 0 Å². The lowest BCUT2D eigenvalue weighted by molar-refractivity contribution is 0.0953. The van der Waals surface area contributed by atoms with Gasteiger partial charge in [-0.05, 0) is 6.07 Å². The van der Waals surface area contributed by atoms with Gasteiger partial charge in [-0.25, -0.2) is 0 Å². The van der Waals surface area contributed by atoms with Gasteiger partial charge in [0.1, 0.15) is 6.33 Å². The van der Waals surface area contributed by atoms with Gasteiger partial charge in [-0.15, -0.1) is 10.2 Å². The zero-order valence-electron chi connectivity index (χ0n) is 11.4. The minimum atomic E-state index is -0.175. The van der Waals surface area contributed by atoms with E-state index in [1.54, 1.807) is 18.1 Å². The van der Waals surface area contributed by atoms with Crippen LogP contribution in [0.15, 0.2) is 35.7 Å². The molecule has 108 valence electrons. The Balaban J connectivity index is 1.56. The molecule has 0 atom stereocenters. The molecule has 0 aliphatic rings. The van der Waals surface area contributed by atoms with Crippen LogP contribution in [0.25, 0.3) is 10.9 Å². The third-order valence-corrected chi connectivity index (χ3v) is 4.01. The summed E-state index contributed by atoms with van der Waals surface area (Å²) >= 11 is 1.54. The van der Waals surface area contributed by atoms with E-state index < -0.39 is 0 Å². The van der Waals surface area contributed by atoms with Crippen molar-refractivity contribution in [3.63, 3.8) is 0 Å². The third-order valence-electron chi connectivity index (χ3n) is 2.97. The van der Waals surface area contributed by atoms with E-state index in [1.165, 1.54) is 0 Å². The first kappa shape index (κ1) is 13.6. The number of nitrogens with zero attached hydrogens (tertiary/aromatic N) is 4. The number of fused-ring (bicyclic) bond motifs is 1. The van der Waals surface area contributed by atoms with Crippen LogP contribution in [-0.4, -0.2) is 43.2 Å². The normalized spacial score (nSPS) is 10.9. The fourth-order valence-electron chi connectivity index (χ4n) is 1.93. The Kier molecular flexibility index (Phi) is 3.87. The van der Waals surface area contributed by atoms with Crippen molar-refractivity contribution in [2.75, 3.05) is 12.3 Å². The minimum absolute atomic E-state index is 0.175. The number of rotatable bonds is 5. The van der Waals surface area contributed by atoms with E-state index in [9.17, 15) is 4.79 Å². The molecule has 0 saturated heterocycles. The van der Waals surface area contributed by atoms with Crippen LogP contribution in [-0.2, 0) is 7.05 Å². The molecule has 21 heavy (non-hydrogen) atoms. The van der Waals surface area contributed by atoms with E-state index >= 15 is 0 Å². The van der Waals surface area contributed by atoms with E-state index in [4.69, 9.17) is 0 Å². The van der Waals surface area contributed by atoms with Crippen molar-refractivity contribution in [2.45, 2.75) is 5.16 Å². The monoisotopic (exact) mass is 302 g/mol. The predicted molar refractivity (Wildman–Crippen MR) is 80.2 cm³/mol. The average molecular weight is 302 g/mol. The van der Waals surface area contributed by atoms with Crippen molar-refractivity contribution in [1.82, 2.24) is 30.3 Å². The number of nitrogens with one attached hydrogen (secondary N) is 2. The maximum Gasteiger partial charge on any atom is 0.272 e. The van der Waals surface area contributed by atoms with E-state index in [0.717, 1.165) is 21.8 Å². The molecule has 2 aromatic heterocycles. The Bertz CT molecular complexity index is 765. The number of hydrogen-bond acceptors (Lipinski definition) is 5. The highest BCUT2D eigenvalue weighted by molar-refractivity contribution is 7.99. The average Bonchev–Trinajstić information content (AvgIpc) is 3.10. The molecular weight excluding hydrogens is 288 g/mol. The summed E-state index contributed by atoms with van der Waals surface area (Å²) in [6.07, 6.45) is 1.65. The van der Waals surface area contributed by atoms with E-state index in [2.05, 4.69) is 25.7 Å². The van der Waals surface area contributed by atoms with Crippen LogP contribution in [0.5, 0.6) is 0 Å². The van der Waals surface area contributed by atoms with Gasteiger partial charge < -0.3 is 9.88 Å². The first-order chi connectivity index (χ1) is 10.3. The van der Waals surface area contributed by atoms with Crippen molar-refractivity contribution >= 4 is 28.6 Å². The number of aryl methyl sites for hydroxylation is 1. The molecule has 2 N–H and O–H groups in total. The fraction of sp³-hybridized carbons (Fsp3) is 0.231. The summed E-state index contributed by atoms with van der Waals surface area (Å²) in [5, 5.41) is 19.2. The summed E-state index contributed by atoms with van der Waals surface area (Å²) in [5.74, 6) is 0.548. The van der Waals surface area contributed by atoms with E-state index in [-0.39, 0.29) is 5.91 Å². The van der Waals surface area contributed by atoms with Crippen molar-refractivity contribution in [3.05, 3.63) is 36.3 Å². The molecule has 0 aliphatic heterocycles. The van der Waals surface area contributed by atoms with Gasteiger partial charge in [-0.3, -0.25) is 9.89 Å². The Morgan fingerprint density at radius 2 is 2.29 bits per heavy atom. The number of H-pyrrole nitrogens is 1. The summed E-state index contributed by atoms with van der Waals surface area (Å²) < 4.78 is 1.84. The van der Waals surface area contributed by atoms with Crippen LogP contribution in [0.4, 0.5) is 0 Å². The lowest BCUT2D eigenvalue weighted by atomic mass is 10.2. The zero-order chi connectivity index (χ0) is 14.7.